The van der Waals surface area contributed by atoms with Gasteiger partial charge in [-0.15, -0.1) is 0 Å². The second-order valence-electron chi connectivity index (χ2n) is 7.43. The van der Waals surface area contributed by atoms with E-state index in [0.717, 1.165) is 0 Å². The molecule has 0 N–H and O–H groups in total. The molecule has 10 atom stereocenters. The first-order chi connectivity index (χ1) is 9.09. The van der Waals surface area contributed by atoms with Crippen molar-refractivity contribution in [2.75, 3.05) is 0 Å². The molecule has 7 fully saturated rings. The number of carbonyl (C=O) groups is 2. The monoisotopic (exact) mass is 260 g/mol. The SMILES string of the molecule is O=C([O-])C(C(=O)[O-])[C@@]12O[C@H]3[C@H]4C1C1C[C@H]4[C@H]4C1C2[C@@H]34. The number of rotatable bonds is 3. The van der Waals surface area contributed by atoms with Crippen LogP contribution in [0, 0.1) is 53.3 Å². The summed E-state index contributed by atoms with van der Waals surface area (Å²) < 4.78 is 6.10. The van der Waals surface area contributed by atoms with Crippen LogP contribution >= 0.6 is 0 Å². The van der Waals surface area contributed by atoms with E-state index < -0.39 is 23.5 Å². The number of carbonyl (C=O) groups excluding carboxylic acids is 2. The smallest absolute Gasteiger partial charge is 0.0887 e. The van der Waals surface area contributed by atoms with Crippen LogP contribution in [0.1, 0.15) is 6.42 Å². The second-order valence-corrected chi connectivity index (χ2v) is 7.43. The molecule has 7 aliphatic rings. The summed E-state index contributed by atoms with van der Waals surface area (Å²) in [6.45, 7) is 0. The lowest BCUT2D eigenvalue weighted by atomic mass is 9.55. The number of hydrogen-bond acceptors (Lipinski definition) is 5. The van der Waals surface area contributed by atoms with Crippen LogP contribution in [-0.2, 0) is 14.3 Å². The fraction of sp³-hybridized carbons (Fsp3) is 0.857. The molecule has 5 nitrogen and oxygen atoms in total. The zero-order chi connectivity index (χ0) is 12.8. The van der Waals surface area contributed by atoms with Crippen LogP contribution in [0.4, 0.5) is 0 Å². The third-order valence-corrected chi connectivity index (χ3v) is 7.69. The van der Waals surface area contributed by atoms with E-state index in [1.165, 1.54) is 6.42 Å². The van der Waals surface area contributed by atoms with Gasteiger partial charge in [-0.3, -0.25) is 0 Å². The van der Waals surface area contributed by atoms with E-state index in [9.17, 15) is 19.8 Å². The maximum Gasteiger partial charge on any atom is 0.0887 e. The van der Waals surface area contributed by atoms with Gasteiger partial charge in [0.25, 0.3) is 0 Å². The topological polar surface area (TPSA) is 89.5 Å². The average Bonchev–Trinajstić information content (AvgIpc) is 2.87. The lowest BCUT2D eigenvalue weighted by Gasteiger charge is -2.48. The molecule has 4 bridgehead atoms. The van der Waals surface area contributed by atoms with Crippen LogP contribution in [0.15, 0.2) is 0 Å². The molecule has 5 aliphatic carbocycles. The molecule has 0 amide bonds. The molecule has 0 aromatic rings. The lowest BCUT2D eigenvalue weighted by molar-refractivity contribution is -0.341. The Hall–Kier alpha value is -1.10. The first-order valence-corrected chi connectivity index (χ1v) is 7.18. The van der Waals surface area contributed by atoms with Crippen LogP contribution in [0.25, 0.3) is 0 Å². The van der Waals surface area contributed by atoms with E-state index >= 15 is 0 Å². The van der Waals surface area contributed by atoms with Gasteiger partial charge < -0.3 is 24.5 Å². The number of aliphatic carboxylic acids is 2. The van der Waals surface area contributed by atoms with Gasteiger partial charge in [0.2, 0.25) is 0 Å². The highest BCUT2D eigenvalue weighted by molar-refractivity contribution is 5.93. The van der Waals surface area contributed by atoms with Crippen LogP contribution < -0.4 is 10.2 Å². The molecular weight excluding hydrogens is 248 g/mol. The van der Waals surface area contributed by atoms with Crippen molar-refractivity contribution in [3.63, 3.8) is 0 Å². The predicted octanol–water partition coefficient (Wildman–Crippen LogP) is -2.37. The van der Waals surface area contributed by atoms with Crippen molar-refractivity contribution in [1.29, 1.82) is 0 Å². The van der Waals surface area contributed by atoms with Gasteiger partial charge in [-0.2, -0.15) is 0 Å². The second kappa shape index (κ2) is 2.32. The first kappa shape index (κ1) is 9.75. The van der Waals surface area contributed by atoms with Crippen molar-refractivity contribution >= 4 is 11.9 Å². The van der Waals surface area contributed by atoms with Gasteiger partial charge in [0.05, 0.1) is 29.6 Å². The Morgan fingerprint density at radius 3 is 2.42 bits per heavy atom. The Balaban J connectivity index is 1.60. The van der Waals surface area contributed by atoms with E-state index in [4.69, 9.17) is 4.74 Å². The van der Waals surface area contributed by atoms with Crippen molar-refractivity contribution in [1.82, 2.24) is 0 Å². The summed E-state index contributed by atoms with van der Waals surface area (Å²) in [7, 11) is 0. The minimum Gasteiger partial charge on any atom is -0.549 e. The van der Waals surface area contributed by atoms with Crippen LogP contribution in [-0.4, -0.2) is 23.6 Å². The molecule has 0 aromatic heterocycles. The molecule has 4 unspecified atom stereocenters. The van der Waals surface area contributed by atoms with Gasteiger partial charge in [0.15, 0.2) is 0 Å². The summed E-state index contributed by atoms with van der Waals surface area (Å²) in [4.78, 5) is 22.8. The molecule has 0 spiro atoms. The molecule has 2 aliphatic heterocycles. The van der Waals surface area contributed by atoms with Crippen LogP contribution in [0.2, 0.25) is 0 Å². The number of carboxylic acid groups (broad SMARTS) is 2. The van der Waals surface area contributed by atoms with Crippen molar-refractivity contribution in [3.8, 4) is 0 Å². The lowest BCUT2D eigenvalue weighted by Crippen LogP contribution is -2.61. The predicted molar refractivity (Wildman–Crippen MR) is 53.6 cm³/mol. The highest BCUT2D eigenvalue weighted by Gasteiger charge is 2.93. The van der Waals surface area contributed by atoms with Crippen molar-refractivity contribution in [2.24, 2.45) is 53.3 Å². The van der Waals surface area contributed by atoms with Gasteiger partial charge in [0.1, 0.15) is 0 Å². The Morgan fingerprint density at radius 2 is 1.74 bits per heavy atom. The van der Waals surface area contributed by atoms with E-state index in [1.54, 1.807) is 0 Å². The van der Waals surface area contributed by atoms with Crippen LogP contribution in [0.5, 0.6) is 0 Å². The fourth-order valence-electron chi connectivity index (χ4n) is 8.00. The van der Waals surface area contributed by atoms with Gasteiger partial charge >= 0.3 is 0 Å². The molecular formula is C14H12O5-2. The number of hydrogen-bond donors (Lipinski definition) is 0. The Morgan fingerprint density at radius 1 is 1.00 bits per heavy atom. The molecule has 5 heteroatoms. The van der Waals surface area contributed by atoms with Crippen molar-refractivity contribution in [2.45, 2.75) is 18.1 Å². The Labute approximate surface area is 108 Å². The quantitative estimate of drug-likeness (QED) is 0.529. The van der Waals surface area contributed by atoms with Gasteiger partial charge in [-0.05, 0) is 53.8 Å². The van der Waals surface area contributed by atoms with E-state index in [0.29, 0.717) is 35.5 Å². The zero-order valence-corrected chi connectivity index (χ0v) is 10.0. The van der Waals surface area contributed by atoms with Gasteiger partial charge in [-0.25, -0.2) is 0 Å². The Kier molecular flexibility index (Phi) is 1.19. The summed E-state index contributed by atoms with van der Waals surface area (Å²) >= 11 is 0. The zero-order valence-electron chi connectivity index (χ0n) is 10.0. The summed E-state index contributed by atoms with van der Waals surface area (Å²) in [6.07, 6.45) is 1.31. The van der Waals surface area contributed by atoms with Crippen molar-refractivity contribution in [3.05, 3.63) is 0 Å². The molecule has 2 saturated heterocycles. The number of ether oxygens (including phenoxy) is 1. The van der Waals surface area contributed by atoms with Crippen LogP contribution in [0.3, 0.4) is 0 Å². The average molecular weight is 260 g/mol. The van der Waals surface area contributed by atoms with E-state index in [2.05, 4.69) is 0 Å². The highest BCUT2D eigenvalue weighted by atomic mass is 16.5. The molecule has 19 heavy (non-hydrogen) atoms. The van der Waals surface area contributed by atoms with E-state index in [1.807, 2.05) is 0 Å². The molecule has 7 rings (SSSR count). The van der Waals surface area contributed by atoms with Crippen molar-refractivity contribution < 1.29 is 24.5 Å². The highest BCUT2D eigenvalue weighted by Crippen LogP contribution is 2.91. The maximum absolute atomic E-state index is 11.4. The standard InChI is InChI=1S/C14H14O5/c15-12(16)10(13(17)18)14-8-3-1-2-4-5(3)9(14)7(4)11(19-14)6(2)8/h2-11H,1H2,(H,15,16)(H,17,18)/p-2/t2-,3?,4-,5?,6+,7-,8?,9?,11-,14+/m0/s1. The molecule has 2 heterocycles. The maximum atomic E-state index is 11.4. The normalized spacial score (nSPS) is 67.5. The molecule has 0 aromatic carbocycles. The summed E-state index contributed by atoms with van der Waals surface area (Å²) in [5, 5.41) is 22.8. The molecule has 0 radical (unpaired) electrons. The summed E-state index contributed by atoms with van der Waals surface area (Å²) in [5.41, 5.74) is -0.977. The van der Waals surface area contributed by atoms with Gasteiger partial charge in [-0.1, -0.05) is 0 Å². The Bertz CT molecular complexity index is 548. The minimum absolute atomic E-state index is 0.134. The van der Waals surface area contributed by atoms with Gasteiger partial charge in [0, 0.05) is 0 Å². The minimum atomic E-state index is -1.58. The van der Waals surface area contributed by atoms with E-state index in [-0.39, 0.29) is 17.9 Å². The number of carboxylic acids is 2. The third kappa shape index (κ3) is 0.618. The molecule has 5 saturated carbocycles. The largest absolute Gasteiger partial charge is 0.549 e. The first-order valence-electron chi connectivity index (χ1n) is 7.18. The fourth-order valence-corrected chi connectivity index (χ4v) is 8.00. The summed E-state index contributed by atoms with van der Waals surface area (Å²) in [6, 6.07) is 0. The molecule has 100 valence electrons. The summed E-state index contributed by atoms with van der Waals surface area (Å²) in [5.74, 6) is -1.03. The third-order valence-electron chi connectivity index (χ3n) is 7.69.